The molecule has 0 saturated heterocycles. The second-order valence-electron chi connectivity index (χ2n) is 4.17. The zero-order chi connectivity index (χ0) is 11.4. The Morgan fingerprint density at radius 1 is 1.40 bits per heavy atom. The van der Waals surface area contributed by atoms with Gasteiger partial charge in [0.1, 0.15) is 0 Å². The van der Waals surface area contributed by atoms with E-state index in [0.29, 0.717) is 18.3 Å². The molecule has 1 aromatic rings. The fourth-order valence-electron chi connectivity index (χ4n) is 1.59. The molecule has 0 aliphatic heterocycles. The molecule has 1 heterocycles. The second-order valence-corrected chi connectivity index (χ2v) is 5.32. The van der Waals surface area contributed by atoms with Crippen LogP contribution in [0.5, 0.6) is 0 Å². The molecule has 0 bridgehead atoms. The van der Waals surface area contributed by atoms with E-state index in [2.05, 4.69) is 32.9 Å². The minimum absolute atomic E-state index is 0.207. The van der Waals surface area contributed by atoms with E-state index < -0.39 is 0 Å². The fourth-order valence-corrected chi connectivity index (χ4v) is 2.78. The van der Waals surface area contributed by atoms with Crippen LogP contribution in [0.1, 0.15) is 55.2 Å². The molecular weight excluding hydrogens is 206 g/mol. The molecular formula is C12H19NOS. The topological polar surface area (TPSA) is 43.1 Å². The van der Waals surface area contributed by atoms with E-state index >= 15 is 0 Å². The van der Waals surface area contributed by atoms with E-state index in [1.54, 1.807) is 0 Å². The van der Waals surface area contributed by atoms with Gasteiger partial charge in [0.05, 0.1) is 0 Å². The van der Waals surface area contributed by atoms with Gasteiger partial charge in [-0.25, -0.2) is 0 Å². The maximum atomic E-state index is 10.9. The molecule has 0 spiro atoms. The van der Waals surface area contributed by atoms with Crippen LogP contribution in [0.25, 0.3) is 0 Å². The zero-order valence-corrected chi connectivity index (χ0v) is 10.4. The molecule has 0 fully saturated rings. The summed E-state index contributed by atoms with van der Waals surface area (Å²) >= 11 is 1.81. The predicted octanol–water partition coefficient (Wildman–Crippen LogP) is 3.24. The van der Waals surface area contributed by atoms with E-state index in [1.807, 2.05) is 11.3 Å². The number of carbonyl (C=O) groups excluding carboxylic acids is 1. The van der Waals surface area contributed by atoms with Gasteiger partial charge in [-0.05, 0) is 24.5 Å². The number of carbonyl (C=O) groups is 1. The Labute approximate surface area is 95.5 Å². The molecule has 2 nitrogen and oxygen atoms in total. The summed E-state index contributed by atoms with van der Waals surface area (Å²) in [5.41, 5.74) is 5.24. The van der Waals surface area contributed by atoms with Crippen molar-refractivity contribution in [2.45, 2.75) is 45.4 Å². The highest BCUT2D eigenvalue weighted by Gasteiger charge is 2.15. The lowest BCUT2D eigenvalue weighted by molar-refractivity contribution is -0.118. The Bertz CT molecular complexity index is 330. The number of amides is 1. The molecule has 0 saturated carbocycles. The molecule has 0 aromatic carbocycles. The van der Waals surface area contributed by atoms with Gasteiger partial charge in [-0.3, -0.25) is 4.79 Å². The number of nitrogens with two attached hydrogens (primary N) is 1. The summed E-state index contributed by atoms with van der Waals surface area (Å²) in [6.45, 7) is 6.47. The van der Waals surface area contributed by atoms with E-state index in [0.717, 1.165) is 6.42 Å². The smallest absolute Gasteiger partial charge is 0.218 e. The van der Waals surface area contributed by atoms with Gasteiger partial charge in [0.25, 0.3) is 0 Å². The maximum absolute atomic E-state index is 10.9. The number of primary amides is 1. The quantitative estimate of drug-likeness (QED) is 0.821. The second kappa shape index (κ2) is 5.31. The summed E-state index contributed by atoms with van der Waals surface area (Å²) < 4.78 is 0. The first-order chi connectivity index (χ1) is 7.04. The van der Waals surface area contributed by atoms with Crippen LogP contribution in [-0.4, -0.2) is 5.91 Å². The van der Waals surface area contributed by atoms with E-state index in [-0.39, 0.29) is 5.91 Å². The van der Waals surface area contributed by atoms with E-state index in [4.69, 9.17) is 5.73 Å². The maximum Gasteiger partial charge on any atom is 0.218 e. The summed E-state index contributed by atoms with van der Waals surface area (Å²) in [6.07, 6.45) is 1.44. The number of hydrogen-bond donors (Lipinski definition) is 1. The van der Waals surface area contributed by atoms with Gasteiger partial charge in [-0.2, -0.15) is 0 Å². The van der Waals surface area contributed by atoms with Gasteiger partial charge in [0.15, 0.2) is 0 Å². The van der Waals surface area contributed by atoms with Crippen molar-refractivity contribution in [3.63, 3.8) is 0 Å². The van der Waals surface area contributed by atoms with Crippen LogP contribution in [0.4, 0.5) is 0 Å². The summed E-state index contributed by atoms with van der Waals surface area (Å²) in [7, 11) is 0. The van der Waals surface area contributed by atoms with Gasteiger partial charge < -0.3 is 5.73 Å². The molecule has 3 heteroatoms. The van der Waals surface area contributed by atoms with Crippen molar-refractivity contribution in [1.29, 1.82) is 0 Å². The zero-order valence-electron chi connectivity index (χ0n) is 9.62. The molecule has 0 aliphatic carbocycles. The van der Waals surface area contributed by atoms with Crippen molar-refractivity contribution in [3.8, 4) is 0 Å². The lowest BCUT2D eigenvalue weighted by Gasteiger charge is -2.10. The third-order valence-electron chi connectivity index (χ3n) is 2.56. The van der Waals surface area contributed by atoms with Gasteiger partial charge in [0, 0.05) is 22.1 Å². The molecule has 1 amide bonds. The van der Waals surface area contributed by atoms with Crippen LogP contribution in [0, 0.1) is 0 Å². The highest BCUT2D eigenvalue weighted by atomic mass is 32.1. The number of rotatable bonds is 5. The van der Waals surface area contributed by atoms with E-state index in [1.165, 1.54) is 9.75 Å². The SMILES string of the molecule is CCC(CC(N)=O)c1ccc(C(C)C)s1. The predicted molar refractivity (Wildman–Crippen MR) is 65.3 cm³/mol. The van der Waals surface area contributed by atoms with Crippen molar-refractivity contribution in [1.82, 2.24) is 0 Å². The summed E-state index contributed by atoms with van der Waals surface area (Å²) in [5, 5.41) is 0. The molecule has 1 unspecified atom stereocenters. The van der Waals surface area contributed by atoms with Crippen LogP contribution >= 0.6 is 11.3 Å². The molecule has 0 aliphatic rings. The summed E-state index contributed by atoms with van der Waals surface area (Å²) in [5.74, 6) is 0.663. The lowest BCUT2D eigenvalue weighted by atomic mass is 10.0. The first kappa shape index (κ1) is 12.2. The Balaban J connectivity index is 2.78. The van der Waals surface area contributed by atoms with Crippen LogP contribution < -0.4 is 5.73 Å². The van der Waals surface area contributed by atoms with Crippen LogP contribution in [0.3, 0.4) is 0 Å². The average Bonchev–Trinajstić information content (AvgIpc) is 2.62. The molecule has 84 valence electrons. The Morgan fingerprint density at radius 2 is 2.00 bits per heavy atom. The Morgan fingerprint density at radius 3 is 2.40 bits per heavy atom. The standard InChI is InChI=1S/C12H19NOS/c1-4-9(7-12(13)14)11-6-5-10(15-11)8(2)3/h5-6,8-9H,4,7H2,1-3H3,(H2,13,14). The average molecular weight is 225 g/mol. The summed E-state index contributed by atoms with van der Waals surface area (Å²) in [6, 6.07) is 4.30. The minimum atomic E-state index is -0.207. The highest BCUT2D eigenvalue weighted by molar-refractivity contribution is 7.12. The molecule has 1 rings (SSSR count). The Hall–Kier alpha value is -0.830. The largest absolute Gasteiger partial charge is 0.370 e. The van der Waals surface area contributed by atoms with Gasteiger partial charge in [-0.1, -0.05) is 20.8 Å². The first-order valence-electron chi connectivity index (χ1n) is 5.42. The van der Waals surface area contributed by atoms with Gasteiger partial charge in [0.2, 0.25) is 5.91 Å². The third-order valence-corrected chi connectivity index (χ3v) is 4.11. The third kappa shape index (κ3) is 3.34. The first-order valence-corrected chi connectivity index (χ1v) is 6.24. The van der Waals surface area contributed by atoms with Gasteiger partial charge >= 0.3 is 0 Å². The number of thiophene rings is 1. The van der Waals surface area contributed by atoms with Crippen molar-refractivity contribution < 1.29 is 4.79 Å². The molecule has 1 atom stereocenters. The van der Waals surface area contributed by atoms with Crippen molar-refractivity contribution in [2.24, 2.45) is 5.73 Å². The lowest BCUT2D eigenvalue weighted by Crippen LogP contribution is -2.14. The van der Waals surface area contributed by atoms with Crippen LogP contribution in [0.15, 0.2) is 12.1 Å². The number of hydrogen-bond acceptors (Lipinski definition) is 2. The summed E-state index contributed by atoms with van der Waals surface area (Å²) in [4.78, 5) is 13.6. The normalized spacial score (nSPS) is 13.1. The van der Waals surface area contributed by atoms with Crippen LogP contribution in [0.2, 0.25) is 0 Å². The highest BCUT2D eigenvalue weighted by Crippen LogP contribution is 2.32. The van der Waals surface area contributed by atoms with E-state index in [9.17, 15) is 4.79 Å². The molecule has 2 N–H and O–H groups in total. The Kier molecular flexibility index (Phi) is 4.33. The molecule has 15 heavy (non-hydrogen) atoms. The van der Waals surface area contributed by atoms with Crippen molar-refractivity contribution in [2.75, 3.05) is 0 Å². The van der Waals surface area contributed by atoms with Crippen molar-refractivity contribution >= 4 is 17.2 Å². The molecule has 0 radical (unpaired) electrons. The van der Waals surface area contributed by atoms with Gasteiger partial charge in [-0.15, -0.1) is 11.3 Å². The minimum Gasteiger partial charge on any atom is -0.370 e. The van der Waals surface area contributed by atoms with Crippen LogP contribution in [-0.2, 0) is 4.79 Å². The fraction of sp³-hybridized carbons (Fsp3) is 0.583. The van der Waals surface area contributed by atoms with Crippen molar-refractivity contribution in [3.05, 3.63) is 21.9 Å². The molecule has 1 aromatic heterocycles. The monoisotopic (exact) mass is 225 g/mol.